The Labute approximate surface area is 125 Å². The van der Waals surface area contributed by atoms with Gasteiger partial charge in [-0.25, -0.2) is 0 Å². The monoisotopic (exact) mass is 284 g/mol. The molecule has 0 spiro atoms. The number of ether oxygens (including phenoxy) is 1. The van der Waals surface area contributed by atoms with Crippen LogP contribution in [0.2, 0.25) is 0 Å². The maximum atomic E-state index is 11.0. The first-order valence-corrected chi connectivity index (χ1v) is 6.95. The molecule has 2 aromatic rings. The Hall–Kier alpha value is -2.49. The second-order valence-corrected chi connectivity index (χ2v) is 5.05. The van der Waals surface area contributed by atoms with Crippen LogP contribution in [-0.2, 0) is 4.79 Å². The van der Waals surface area contributed by atoms with Gasteiger partial charge in [0.25, 0.3) is 0 Å². The number of nitrogens with one attached hydrogen (secondary N) is 2. The van der Waals surface area contributed by atoms with E-state index in [1.165, 1.54) is 6.92 Å². The van der Waals surface area contributed by atoms with Gasteiger partial charge in [0.15, 0.2) is 0 Å². The van der Waals surface area contributed by atoms with E-state index in [1.54, 1.807) is 0 Å². The molecule has 2 N–H and O–H groups in total. The fraction of sp³-hybridized carbons (Fsp3) is 0.235. The molecule has 0 aliphatic rings. The SMILES string of the molecule is CC(=O)Nc1ccc(Nc2ccccc2OC(C)C)cc1. The number of carbonyl (C=O) groups is 1. The van der Waals surface area contributed by atoms with Gasteiger partial charge in [0.1, 0.15) is 5.75 Å². The van der Waals surface area contributed by atoms with Crippen molar-refractivity contribution >= 4 is 23.0 Å². The van der Waals surface area contributed by atoms with Crippen molar-refractivity contribution in [3.63, 3.8) is 0 Å². The van der Waals surface area contributed by atoms with Crippen LogP contribution in [0.25, 0.3) is 0 Å². The zero-order valence-electron chi connectivity index (χ0n) is 12.5. The summed E-state index contributed by atoms with van der Waals surface area (Å²) in [5.41, 5.74) is 2.63. The molecule has 21 heavy (non-hydrogen) atoms. The van der Waals surface area contributed by atoms with E-state index in [0.29, 0.717) is 0 Å². The number of hydrogen-bond acceptors (Lipinski definition) is 3. The molecule has 4 heteroatoms. The fourth-order valence-corrected chi connectivity index (χ4v) is 1.92. The minimum absolute atomic E-state index is 0.0774. The molecular weight excluding hydrogens is 264 g/mol. The normalized spacial score (nSPS) is 10.3. The second-order valence-electron chi connectivity index (χ2n) is 5.05. The standard InChI is InChI=1S/C17H20N2O2/c1-12(2)21-17-7-5-4-6-16(17)19-15-10-8-14(9-11-15)18-13(3)20/h4-12,19H,1-3H3,(H,18,20). The van der Waals surface area contributed by atoms with Gasteiger partial charge in [-0.3, -0.25) is 4.79 Å². The molecule has 0 saturated carbocycles. The number of hydrogen-bond donors (Lipinski definition) is 2. The van der Waals surface area contributed by atoms with E-state index in [1.807, 2.05) is 62.4 Å². The Morgan fingerprint density at radius 1 is 1.00 bits per heavy atom. The van der Waals surface area contributed by atoms with E-state index in [0.717, 1.165) is 22.8 Å². The van der Waals surface area contributed by atoms with Crippen molar-refractivity contribution in [1.82, 2.24) is 0 Å². The van der Waals surface area contributed by atoms with Crippen molar-refractivity contribution in [2.75, 3.05) is 10.6 Å². The number of benzene rings is 2. The number of rotatable bonds is 5. The summed E-state index contributed by atoms with van der Waals surface area (Å²) in [6.45, 7) is 5.49. The van der Waals surface area contributed by atoms with Crippen LogP contribution in [0, 0.1) is 0 Å². The highest BCUT2D eigenvalue weighted by Gasteiger charge is 2.05. The molecule has 0 fully saturated rings. The third kappa shape index (κ3) is 4.53. The van der Waals surface area contributed by atoms with Gasteiger partial charge in [-0.2, -0.15) is 0 Å². The quantitative estimate of drug-likeness (QED) is 0.866. The molecular formula is C17H20N2O2. The summed E-state index contributed by atoms with van der Waals surface area (Å²) < 4.78 is 5.77. The summed E-state index contributed by atoms with van der Waals surface area (Å²) in [7, 11) is 0. The lowest BCUT2D eigenvalue weighted by molar-refractivity contribution is -0.114. The number of anilines is 3. The molecule has 0 aliphatic heterocycles. The molecule has 4 nitrogen and oxygen atoms in total. The lowest BCUT2D eigenvalue weighted by atomic mass is 10.2. The van der Waals surface area contributed by atoms with Gasteiger partial charge in [-0.05, 0) is 50.2 Å². The van der Waals surface area contributed by atoms with E-state index in [-0.39, 0.29) is 12.0 Å². The Morgan fingerprint density at radius 2 is 1.62 bits per heavy atom. The molecule has 1 amide bonds. The third-order valence-electron chi connectivity index (χ3n) is 2.73. The highest BCUT2D eigenvalue weighted by molar-refractivity contribution is 5.88. The second kappa shape index (κ2) is 6.79. The molecule has 2 rings (SSSR count). The van der Waals surface area contributed by atoms with Gasteiger partial charge in [-0.15, -0.1) is 0 Å². The third-order valence-corrected chi connectivity index (χ3v) is 2.73. The van der Waals surface area contributed by atoms with Gasteiger partial charge >= 0.3 is 0 Å². The Kier molecular flexibility index (Phi) is 4.82. The first-order chi connectivity index (χ1) is 10.0. The van der Waals surface area contributed by atoms with Crippen molar-refractivity contribution in [2.24, 2.45) is 0 Å². The zero-order chi connectivity index (χ0) is 15.2. The van der Waals surface area contributed by atoms with Crippen LogP contribution in [0.1, 0.15) is 20.8 Å². The molecule has 0 unspecified atom stereocenters. The molecule has 110 valence electrons. The summed E-state index contributed by atoms with van der Waals surface area (Å²) in [4.78, 5) is 11.0. The van der Waals surface area contributed by atoms with Crippen LogP contribution in [-0.4, -0.2) is 12.0 Å². The van der Waals surface area contributed by atoms with Crippen molar-refractivity contribution in [1.29, 1.82) is 0 Å². The van der Waals surface area contributed by atoms with Gasteiger partial charge in [0.2, 0.25) is 5.91 Å². The average Bonchev–Trinajstić information content (AvgIpc) is 2.42. The van der Waals surface area contributed by atoms with Gasteiger partial charge in [0.05, 0.1) is 11.8 Å². The number of para-hydroxylation sites is 2. The average molecular weight is 284 g/mol. The minimum Gasteiger partial charge on any atom is -0.489 e. The van der Waals surface area contributed by atoms with Crippen LogP contribution in [0.5, 0.6) is 5.75 Å². The lowest BCUT2D eigenvalue weighted by Gasteiger charge is -2.15. The lowest BCUT2D eigenvalue weighted by Crippen LogP contribution is -2.07. The van der Waals surface area contributed by atoms with Crippen molar-refractivity contribution in [3.8, 4) is 5.75 Å². The molecule has 0 aliphatic carbocycles. The van der Waals surface area contributed by atoms with Crippen LogP contribution in [0.3, 0.4) is 0 Å². The molecule has 0 heterocycles. The predicted molar refractivity (Wildman–Crippen MR) is 86.2 cm³/mol. The zero-order valence-corrected chi connectivity index (χ0v) is 12.5. The summed E-state index contributed by atoms with van der Waals surface area (Å²) in [5.74, 6) is 0.741. The Balaban J connectivity index is 2.13. The van der Waals surface area contributed by atoms with E-state index in [2.05, 4.69) is 10.6 Å². The fourth-order valence-electron chi connectivity index (χ4n) is 1.92. The first kappa shape index (κ1) is 14.9. The van der Waals surface area contributed by atoms with Crippen molar-refractivity contribution in [2.45, 2.75) is 26.9 Å². The molecule has 0 bridgehead atoms. The van der Waals surface area contributed by atoms with Crippen LogP contribution in [0.4, 0.5) is 17.1 Å². The maximum Gasteiger partial charge on any atom is 0.221 e. The van der Waals surface area contributed by atoms with Gasteiger partial charge in [-0.1, -0.05) is 12.1 Å². The number of carbonyl (C=O) groups excluding carboxylic acids is 1. The predicted octanol–water partition coefficient (Wildman–Crippen LogP) is 4.18. The summed E-state index contributed by atoms with van der Waals surface area (Å²) in [6, 6.07) is 15.4. The van der Waals surface area contributed by atoms with Crippen LogP contribution in [0.15, 0.2) is 48.5 Å². The molecule has 0 aromatic heterocycles. The van der Waals surface area contributed by atoms with E-state index >= 15 is 0 Å². The Morgan fingerprint density at radius 3 is 2.24 bits per heavy atom. The van der Waals surface area contributed by atoms with Gasteiger partial charge in [0, 0.05) is 18.3 Å². The minimum atomic E-state index is -0.0774. The number of amides is 1. The van der Waals surface area contributed by atoms with Gasteiger partial charge < -0.3 is 15.4 Å². The van der Waals surface area contributed by atoms with Crippen LogP contribution < -0.4 is 15.4 Å². The molecule has 0 radical (unpaired) electrons. The molecule has 2 aromatic carbocycles. The Bertz CT molecular complexity index is 606. The summed E-state index contributed by atoms with van der Waals surface area (Å²) in [6.07, 6.45) is 0.120. The van der Waals surface area contributed by atoms with Crippen LogP contribution >= 0.6 is 0 Å². The molecule has 0 saturated heterocycles. The first-order valence-electron chi connectivity index (χ1n) is 6.95. The molecule has 0 atom stereocenters. The van der Waals surface area contributed by atoms with E-state index in [4.69, 9.17) is 4.74 Å². The largest absolute Gasteiger partial charge is 0.489 e. The summed E-state index contributed by atoms with van der Waals surface area (Å²) in [5, 5.41) is 6.06. The smallest absolute Gasteiger partial charge is 0.221 e. The van der Waals surface area contributed by atoms with Crippen molar-refractivity contribution in [3.05, 3.63) is 48.5 Å². The van der Waals surface area contributed by atoms with E-state index in [9.17, 15) is 4.79 Å². The topological polar surface area (TPSA) is 50.4 Å². The summed E-state index contributed by atoms with van der Waals surface area (Å²) >= 11 is 0. The highest BCUT2D eigenvalue weighted by atomic mass is 16.5. The van der Waals surface area contributed by atoms with E-state index < -0.39 is 0 Å². The van der Waals surface area contributed by atoms with Crippen molar-refractivity contribution < 1.29 is 9.53 Å². The maximum absolute atomic E-state index is 11.0. The highest BCUT2D eigenvalue weighted by Crippen LogP contribution is 2.28.